The molecular formula is C19H25FN4O2. The van der Waals surface area contributed by atoms with Crippen LogP contribution in [0.2, 0.25) is 0 Å². The van der Waals surface area contributed by atoms with Crippen LogP contribution in [0.1, 0.15) is 24.2 Å². The van der Waals surface area contributed by atoms with E-state index in [-0.39, 0.29) is 12.3 Å². The van der Waals surface area contributed by atoms with Gasteiger partial charge in [-0.2, -0.15) is 0 Å². The second kappa shape index (κ2) is 9.72. The van der Waals surface area contributed by atoms with Crippen molar-refractivity contribution in [3.63, 3.8) is 0 Å². The molecule has 7 heteroatoms. The Morgan fingerprint density at radius 1 is 1.35 bits per heavy atom. The molecule has 1 heterocycles. The number of pyridine rings is 1. The minimum absolute atomic E-state index is 0.216. The number of benzene rings is 1. The highest BCUT2D eigenvalue weighted by Gasteiger charge is 2.11. The fourth-order valence-corrected chi connectivity index (χ4v) is 2.49. The van der Waals surface area contributed by atoms with Gasteiger partial charge in [-0.05, 0) is 42.3 Å². The molecule has 0 fully saturated rings. The maximum atomic E-state index is 13.9. The molecule has 0 aliphatic carbocycles. The highest BCUT2D eigenvalue weighted by Crippen LogP contribution is 2.18. The number of ether oxygens (including phenoxy) is 1. The quantitative estimate of drug-likeness (QED) is 0.586. The van der Waals surface area contributed by atoms with E-state index in [4.69, 9.17) is 4.74 Å². The first-order valence-electron chi connectivity index (χ1n) is 8.45. The predicted molar refractivity (Wildman–Crippen MR) is 99.6 cm³/mol. The number of hydrogen-bond acceptors (Lipinski definition) is 4. The van der Waals surface area contributed by atoms with Gasteiger partial charge in [0.05, 0.1) is 19.8 Å². The monoisotopic (exact) mass is 360 g/mol. The second-order valence-electron chi connectivity index (χ2n) is 5.82. The number of aliphatic hydroxyl groups is 1. The molecule has 0 saturated carbocycles. The summed E-state index contributed by atoms with van der Waals surface area (Å²) < 4.78 is 18.8. The van der Waals surface area contributed by atoms with E-state index in [0.29, 0.717) is 19.0 Å². The summed E-state index contributed by atoms with van der Waals surface area (Å²) in [6.45, 7) is 3.34. The summed E-state index contributed by atoms with van der Waals surface area (Å²) in [6.07, 6.45) is 2.56. The van der Waals surface area contributed by atoms with Crippen molar-refractivity contribution in [2.45, 2.75) is 19.6 Å². The lowest BCUT2D eigenvalue weighted by Gasteiger charge is -2.23. The predicted octanol–water partition coefficient (Wildman–Crippen LogP) is 2.36. The van der Waals surface area contributed by atoms with E-state index < -0.39 is 11.9 Å². The number of aliphatic hydroxyl groups excluding tert-OH is 1. The Kier molecular flexibility index (Phi) is 7.35. The minimum atomic E-state index is -0.710. The molecule has 6 nitrogen and oxygen atoms in total. The molecule has 1 atom stereocenters. The molecule has 2 aromatic rings. The zero-order chi connectivity index (χ0) is 18.9. The molecule has 1 aromatic heterocycles. The van der Waals surface area contributed by atoms with Crippen molar-refractivity contribution in [1.82, 2.24) is 15.2 Å². The maximum absolute atomic E-state index is 13.9. The Morgan fingerprint density at radius 3 is 2.69 bits per heavy atom. The standard InChI is InChI=1S/C19H25FN4O2/c1-4-22-19(23-12-17(25)15-7-9-21-10-8-15)24(2)13-14-5-6-18(26-3)16(20)11-14/h5-11,17,25H,4,12-13H2,1-3H3,(H,22,23). The van der Waals surface area contributed by atoms with Crippen LogP contribution in [0.3, 0.4) is 0 Å². The lowest BCUT2D eigenvalue weighted by molar-refractivity contribution is 0.186. The van der Waals surface area contributed by atoms with Crippen molar-refractivity contribution in [3.8, 4) is 5.75 Å². The van der Waals surface area contributed by atoms with Crippen LogP contribution in [0.25, 0.3) is 0 Å². The number of guanidine groups is 1. The average molecular weight is 360 g/mol. The van der Waals surface area contributed by atoms with Gasteiger partial charge in [0.25, 0.3) is 0 Å². The second-order valence-corrected chi connectivity index (χ2v) is 5.82. The van der Waals surface area contributed by atoms with Gasteiger partial charge in [0.1, 0.15) is 0 Å². The van der Waals surface area contributed by atoms with E-state index in [1.807, 2.05) is 24.9 Å². The van der Waals surface area contributed by atoms with Crippen LogP contribution in [0.5, 0.6) is 5.75 Å². The number of halogens is 1. The van der Waals surface area contributed by atoms with Gasteiger partial charge in [0.2, 0.25) is 0 Å². The third-order valence-corrected chi connectivity index (χ3v) is 3.84. The van der Waals surface area contributed by atoms with Gasteiger partial charge in [-0.25, -0.2) is 4.39 Å². The van der Waals surface area contributed by atoms with Crippen LogP contribution in [0.4, 0.5) is 4.39 Å². The largest absolute Gasteiger partial charge is 0.494 e. The van der Waals surface area contributed by atoms with Crippen molar-refractivity contribution in [3.05, 3.63) is 59.7 Å². The van der Waals surface area contributed by atoms with Crippen molar-refractivity contribution in [1.29, 1.82) is 0 Å². The molecule has 0 aliphatic heterocycles. The summed E-state index contributed by atoms with van der Waals surface area (Å²) in [7, 11) is 3.30. The highest BCUT2D eigenvalue weighted by molar-refractivity contribution is 5.79. The summed E-state index contributed by atoms with van der Waals surface area (Å²) in [6, 6.07) is 8.39. The molecule has 0 amide bonds. The lowest BCUT2D eigenvalue weighted by Crippen LogP contribution is -2.38. The number of methoxy groups -OCH3 is 1. The third kappa shape index (κ3) is 5.42. The van der Waals surface area contributed by atoms with Gasteiger partial charge in [-0.1, -0.05) is 6.07 Å². The van der Waals surface area contributed by atoms with Gasteiger partial charge in [0.15, 0.2) is 17.5 Å². The Hall–Kier alpha value is -2.67. The van der Waals surface area contributed by atoms with Crippen LogP contribution >= 0.6 is 0 Å². The van der Waals surface area contributed by atoms with Crippen molar-refractivity contribution < 1.29 is 14.2 Å². The minimum Gasteiger partial charge on any atom is -0.494 e. The van der Waals surface area contributed by atoms with Crippen LogP contribution in [0, 0.1) is 5.82 Å². The molecule has 0 radical (unpaired) electrons. The van der Waals surface area contributed by atoms with Crippen molar-refractivity contribution in [2.75, 3.05) is 27.2 Å². The zero-order valence-corrected chi connectivity index (χ0v) is 15.3. The first-order chi connectivity index (χ1) is 12.5. The van der Waals surface area contributed by atoms with Gasteiger partial charge in [0, 0.05) is 32.5 Å². The topological polar surface area (TPSA) is 70.0 Å². The molecule has 0 bridgehead atoms. The average Bonchev–Trinajstić information content (AvgIpc) is 2.65. The van der Waals surface area contributed by atoms with Crippen LogP contribution in [0.15, 0.2) is 47.7 Å². The van der Waals surface area contributed by atoms with E-state index in [2.05, 4.69) is 15.3 Å². The number of nitrogens with one attached hydrogen (secondary N) is 1. The van der Waals surface area contributed by atoms with E-state index in [0.717, 1.165) is 11.1 Å². The summed E-state index contributed by atoms with van der Waals surface area (Å²) in [4.78, 5) is 10.3. The Balaban J connectivity index is 2.06. The molecule has 140 valence electrons. The number of rotatable bonds is 7. The summed E-state index contributed by atoms with van der Waals surface area (Å²) in [5, 5.41) is 13.4. The normalized spacial score (nSPS) is 12.6. The lowest BCUT2D eigenvalue weighted by atomic mass is 10.1. The van der Waals surface area contributed by atoms with Crippen molar-refractivity contribution in [2.24, 2.45) is 4.99 Å². The Morgan fingerprint density at radius 2 is 2.08 bits per heavy atom. The van der Waals surface area contributed by atoms with E-state index in [9.17, 15) is 9.50 Å². The van der Waals surface area contributed by atoms with Crippen LogP contribution in [-0.2, 0) is 6.54 Å². The molecule has 2 rings (SSSR count). The van der Waals surface area contributed by atoms with Crippen LogP contribution < -0.4 is 10.1 Å². The smallest absolute Gasteiger partial charge is 0.194 e. The first-order valence-corrected chi connectivity index (χ1v) is 8.45. The SMILES string of the molecule is CCNC(=NCC(O)c1ccncc1)N(C)Cc1ccc(OC)c(F)c1. The molecule has 1 aromatic carbocycles. The highest BCUT2D eigenvalue weighted by atomic mass is 19.1. The first kappa shape index (κ1) is 19.7. The summed E-state index contributed by atoms with van der Waals surface area (Å²) >= 11 is 0. The Bertz CT molecular complexity index is 725. The van der Waals surface area contributed by atoms with E-state index in [1.54, 1.807) is 30.6 Å². The van der Waals surface area contributed by atoms with Gasteiger partial charge >= 0.3 is 0 Å². The summed E-state index contributed by atoms with van der Waals surface area (Å²) in [5.74, 6) is 0.461. The van der Waals surface area contributed by atoms with Gasteiger partial charge in [-0.15, -0.1) is 0 Å². The Labute approximate surface area is 153 Å². The summed E-state index contributed by atoms with van der Waals surface area (Å²) in [5.41, 5.74) is 1.56. The molecule has 1 unspecified atom stereocenters. The van der Waals surface area contributed by atoms with Crippen LogP contribution in [-0.4, -0.2) is 48.2 Å². The molecule has 0 spiro atoms. The number of nitrogens with zero attached hydrogens (tertiary/aromatic N) is 3. The molecule has 0 saturated heterocycles. The van der Waals surface area contributed by atoms with E-state index in [1.165, 1.54) is 13.2 Å². The van der Waals surface area contributed by atoms with E-state index >= 15 is 0 Å². The molecule has 0 aliphatic rings. The molecule has 26 heavy (non-hydrogen) atoms. The number of aromatic nitrogens is 1. The fraction of sp³-hybridized carbons (Fsp3) is 0.368. The van der Waals surface area contributed by atoms with Gasteiger partial charge in [-0.3, -0.25) is 9.98 Å². The zero-order valence-electron chi connectivity index (χ0n) is 15.3. The maximum Gasteiger partial charge on any atom is 0.194 e. The fourth-order valence-electron chi connectivity index (χ4n) is 2.49. The molecular weight excluding hydrogens is 335 g/mol. The molecule has 2 N–H and O–H groups in total. The third-order valence-electron chi connectivity index (χ3n) is 3.84. The van der Waals surface area contributed by atoms with Gasteiger partial charge < -0.3 is 20.1 Å². The number of aliphatic imine (C=N–C) groups is 1. The number of hydrogen-bond donors (Lipinski definition) is 2. The van der Waals surface area contributed by atoms with Crippen molar-refractivity contribution >= 4 is 5.96 Å².